The summed E-state index contributed by atoms with van der Waals surface area (Å²) in [6.45, 7) is 6.61. The van der Waals surface area contributed by atoms with E-state index in [1.54, 1.807) is 52.0 Å². The number of aryl methyl sites for hydroxylation is 4. The lowest BCUT2D eigenvalue weighted by atomic mass is 9.93. The molecule has 328 valence electrons. The van der Waals surface area contributed by atoms with Crippen molar-refractivity contribution in [3.8, 4) is 11.5 Å². The Morgan fingerprint density at radius 2 is 1.03 bits per heavy atom. The molecule has 4 heterocycles. The van der Waals surface area contributed by atoms with E-state index in [1.165, 1.54) is 48.5 Å². The maximum absolute atomic E-state index is 13.9. The third-order valence-electron chi connectivity index (χ3n) is 10.8. The Bertz CT molecular complexity index is 2580. The number of nitrogens with one attached hydrogen (secondary N) is 4. The van der Waals surface area contributed by atoms with E-state index in [-0.39, 0.29) is 55.6 Å². The predicted molar refractivity (Wildman–Crippen MR) is 224 cm³/mol. The number of benzene rings is 2. The average molecular weight is 869 g/mol. The number of amides is 2. The molecule has 2 aliphatic carbocycles. The first-order chi connectivity index (χ1) is 29.6. The number of carbonyl (C=O) groups excluding carboxylic acids is 2. The second-order valence-electron chi connectivity index (χ2n) is 15.3. The fourth-order valence-electron chi connectivity index (χ4n) is 7.52. The number of aromatic nitrogens is 6. The van der Waals surface area contributed by atoms with Crippen molar-refractivity contribution >= 4 is 23.5 Å². The van der Waals surface area contributed by atoms with Gasteiger partial charge in [0.2, 0.25) is 23.3 Å². The number of halogens is 4. The molecule has 2 aliphatic rings. The van der Waals surface area contributed by atoms with E-state index in [2.05, 4.69) is 40.5 Å². The van der Waals surface area contributed by atoms with Gasteiger partial charge in [0.25, 0.3) is 11.1 Å². The molecule has 0 saturated heterocycles. The zero-order valence-corrected chi connectivity index (χ0v) is 33.8. The molecule has 0 radical (unpaired) electrons. The Morgan fingerprint density at radius 3 is 1.37 bits per heavy atom. The molecule has 0 bridgehead atoms. The lowest BCUT2D eigenvalue weighted by Gasteiger charge is -2.19. The number of ether oxygens (including phenoxy) is 2. The van der Waals surface area contributed by atoms with Gasteiger partial charge in [0.15, 0.2) is 0 Å². The lowest BCUT2D eigenvalue weighted by Crippen LogP contribution is -2.28. The Kier molecular flexibility index (Phi) is 13.2. The highest BCUT2D eigenvalue weighted by molar-refractivity contribution is 5.96. The van der Waals surface area contributed by atoms with Crippen LogP contribution in [-0.4, -0.2) is 54.9 Å². The minimum Gasteiger partial charge on any atom is -0.486 e. The van der Waals surface area contributed by atoms with Crippen LogP contribution in [-0.2, 0) is 20.4 Å². The zero-order chi connectivity index (χ0) is 44.3. The molecule has 2 fully saturated rings. The number of H-pyrrole nitrogens is 2. The van der Waals surface area contributed by atoms with Gasteiger partial charge >= 0.3 is 0 Å². The van der Waals surface area contributed by atoms with Gasteiger partial charge in [-0.25, -0.2) is 37.5 Å². The Morgan fingerprint density at radius 1 is 0.635 bits per heavy atom. The Labute approximate surface area is 358 Å². The first kappa shape index (κ1) is 45.3. The van der Waals surface area contributed by atoms with Crippen LogP contribution in [0.1, 0.15) is 54.4 Å². The second kappa shape index (κ2) is 18.4. The van der Waals surface area contributed by atoms with Crippen LogP contribution in [0.25, 0.3) is 0 Å². The maximum atomic E-state index is 13.9. The van der Waals surface area contributed by atoms with E-state index in [4.69, 9.17) is 9.47 Å². The average Bonchev–Trinajstić information content (AvgIpc) is 4.14. The molecule has 0 aliphatic heterocycles. The highest BCUT2D eigenvalue weighted by Gasteiger charge is 2.61. The van der Waals surface area contributed by atoms with Crippen LogP contribution in [0.4, 0.5) is 29.2 Å². The van der Waals surface area contributed by atoms with Crippen molar-refractivity contribution < 1.29 is 36.6 Å². The number of hydrogen-bond acceptors (Lipinski definition) is 10. The van der Waals surface area contributed by atoms with Crippen LogP contribution in [0, 0.1) is 62.8 Å². The normalized spacial score (nSPS) is 19.4. The third-order valence-corrected chi connectivity index (χ3v) is 10.8. The molecule has 63 heavy (non-hydrogen) atoms. The highest BCUT2D eigenvalue weighted by atomic mass is 19.1. The summed E-state index contributed by atoms with van der Waals surface area (Å²) in [7, 11) is 0. The number of pyridine rings is 2. The second-order valence-corrected chi connectivity index (χ2v) is 15.3. The van der Waals surface area contributed by atoms with E-state index in [9.17, 15) is 36.7 Å². The van der Waals surface area contributed by atoms with E-state index in [1.807, 2.05) is 0 Å². The standard InChI is InChI=1S/2C22H20F2N4O3.CH4/c2*1-12-19(21(30)27-13(2)26-12)31-11-22(14-4-3-5-15(23)8-14)9-17(22)20(29)28-18-7-6-16(24)10-25-18;/h2*3-8,10,17H,9,11H2,1-2H3,(H,25,28,29)(H,26,27,30);1H4/t2*17-,22+;/m00./s1. The summed E-state index contributed by atoms with van der Waals surface area (Å²) in [5.74, 6) is -2.21. The van der Waals surface area contributed by atoms with Gasteiger partial charge in [-0.15, -0.1) is 0 Å². The summed E-state index contributed by atoms with van der Waals surface area (Å²) < 4.78 is 65.6. The molecule has 4 N–H and O–H groups in total. The molecule has 14 nitrogen and oxygen atoms in total. The minimum absolute atomic E-state index is 0. The van der Waals surface area contributed by atoms with Gasteiger partial charge in [-0.2, -0.15) is 0 Å². The molecule has 6 aromatic rings. The van der Waals surface area contributed by atoms with Crippen molar-refractivity contribution in [2.75, 3.05) is 23.8 Å². The highest BCUT2D eigenvalue weighted by Crippen LogP contribution is 2.56. The van der Waals surface area contributed by atoms with Crippen molar-refractivity contribution in [1.29, 1.82) is 0 Å². The summed E-state index contributed by atoms with van der Waals surface area (Å²) in [5, 5.41) is 5.30. The van der Waals surface area contributed by atoms with E-state index in [0.29, 0.717) is 47.0 Å². The van der Waals surface area contributed by atoms with Crippen LogP contribution >= 0.6 is 0 Å². The minimum atomic E-state index is -0.823. The van der Waals surface area contributed by atoms with E-state index in [0.717, 1.165) is 12.4 Å². The van der Waals surface area contributed by atoms with Gasteiger partial charge in [-0.1, -0.05) is 31.7 Å². The molecule has 0 spiro atoms. The number of anilines is 2. The number of hydrogen-bond donors (Lipinski definition) is 4. The molecular weight excluding hydrogens is 825 g/mol. The van der Waals surface area contributed by atoms with Gasteiger partial charge < -0.3 is 30.1 Å². The van der Waals surface area contributed by atoms with E-state index >= 15 is 0 Å². The summed E-state index contributed by atoms with van der Waals surface area (Å²) in [4.78, 5) is 71.5. The number of aromatic amines is 2. The molecule has 18 heteroatoms. The monoisotopic (exact) mass is 868 g/mol. The first-order valence-corrected chi connectivity index (χ1v) is 19.3. The van der Waals surface area contributed by atoms with Gasteiger partial charge in [-0.3, -0.25) is 19.2 Å². The molecule has 4 aromatic heterocycles. The Hall–Kier alpha value is -7.24. The van der Waals surface area contributed by atoms with Gasteiger partial charge in [-0.05, 0) is 100 Å². The van der Waals surface area contributed by atoms with Gasteiger partial charge in [0.05, 0.1) is 48.8 Å². The quantitative estimate of drug-likeness (QED) is 0.0962. The first-order valence-electron chi connectivity index (χ1n) is 19.3. The number of carbonyl (C=O) groups is 2. The molecule has 4 atom stereocenters. The van der Waals surface area contributed by atoms with E-state index < -0.39 is 57.1 Å². The van der Waals surface area contributed by atoms with Gasteiger partial charge in [0.1, 0.15) is 46.6 Å². The molecule has 2 amide bonds. The smallest absolute Gasteiger partial charge is 0.293 e. The molecule has 0 unspecified atom stereocenters. The number of rotatable bonds is 12. The lowest BCUT2D eigenvalue weighted by molar-refractivity contribution is -0.118. The van der Waals surface area contributed by atoms with Gasteiger partial charge in [0, 0.05) is 10.8 Å². The largest absolute Gasteiger partial charge is 0.486 e. The number of nitrogens with zero attached hydrogens (tertiary/aromatic N) is 4. The molecule has 2 aromatic carbocycles. The maximum Gasteiger partial charge on any atom is 0.293 e. The topological polar surface area (TPSA) is 194 Å². The zero-order valence-electron chi connectivity index (χ0n) is 33.8. The summed E-state index contributed by atoms with van der Waals surface area (Å²) >= 11 is 0. The molecule has 2 saturated carbocycles. The van der Waals surface area contributed by atoms with Crippen LogP contribution < -0.4 is 31.2 Å². The Balaban J connectivity index is 0.000000206. The predicted octanol–water partition coefficient (Wildman–Crippen LogP) is 6.71. The summed E-state index contributed by atoms with van der Waals surface area (Å²) in [5.41, 5.74) is -0.456. The van der Waals surface area contributed by atoms with Crippen molar-refractivity contribution in [1.82, 2.24) is 29.9 Å². The summed E-state index contributed by atoms with van der Waals surface area (Å²) in [6.07, 6.45) is 2.79. The van der Waals surface area contributed by atoms with Crippen LogP contribution in [0.2, 0.25) is 0 Å². The summed E-state index contributed by atoms with van der Waals surface area (Å²) in [6, 6.07) is 17.0. The van der Waals surface area contributed by atoms with Crippen molar-refractivity contribution in [2.24, 2.45) is 11.8 Å². The molecular formula is C45H44F4N8O6. The van der Waals surface area contributed by atoms with Crippen LogP contribution in [0.3, 0.4) is 0 Å². The fraction of sp³-hybridized carbons (Fsp3) is 0.289. The third kappa shape index (κ3) is 10.1. The molecule has 8 rings (SSSR count). The van der Waals surface area contributed by atoms with Crippen LogP contribution in [0.15, 0.2) is 94.8 Å². The van der Waals surface area contributed by atoms with Crippen LogP contribution in [0.5, 0.6) is 11.5 Å². The SMILES string of the molecule is C.Cc1nc(C)c(OC[C@@]2(c3cccc(F)c3)C[C@H]2C(=O)Nc2ccc(F)cn2)c(=O)[nH]1.Cc1nc(C)c(OC[C@@]2(c3cccc(F)c3)C[C@H]2C(=O)Nc2ccc(F)cn2)c(=O)[nH]1. The van der Waals surface area contributed by atoms with Crippen molar-refractivity contribution in [2.45, 2.75) is 58.8 Å². The van der Waals surface area contributed by atoms with Crippen molar-refractivity contribution in [3.63, 3.8) is 0 Å². The van der Waals surface area contributed by atoms with Crippen molar-refractivity contribution in [3.05, 3.63) is 163 Å². The fourth-order valence-corrected chi connectivity index (χ4v) is 7.52.